The highest BCUT2D eigenvalue weighted by molar-refractivity contribution is 6.09. The molecule has 3 amide bonds. The number of halogens is 1. The third-order valence-electron chi connectivity index (χ3n) is 12.6. The van der Waals surface area contributed by atoms with Crippen LogP contribution in [0.15, 0.2) is 42.7 Å². The molecular formula is C43H53FN8O4. The molecule has 8 rings (SSSR count). The van der Waals surface area contributed by atoms with Crippen molar-refractivity contribution in [1.82, 2.24) is 29.7 Å². The minimum Gasteiger partial charge on any atom is -0.383 e. The Labute approximate surface area is 327 Å². The smallest absolute Gasteiger partial charge is 0.251 e. The maximum atomic E-state index is 15.7. The minimum atomic E-state index is -0.674. The van der Waals surface area contributed by atoms with E-state index in [4.69, 9.17) is 14.7 Å². The van der Waals surface area contributed by atoms with E-state index < -0.39 is 11.2 Å². The fourth-order valence-corrected chi connectivity index (χ4v) is 9.34. The third kappa shape index (κ3) is 6.72. The summed E-state index contributed by atoms with van der Waals surface area (Å²) in [6, 6.07) is 11.7. The maximum Gasteiger partial charge on any atom is 0.251 e. The standard InChI is InChI=1S/C43H53FN8O4/c1-26(2)51-25-46-37-24-35(47-40(39(37)51)48-36-23-32(27(3)19-34(36)44)41(54)45-13-18-56-5)29-9-10-33-38(20-29)52(31-21-30(22-31)50-14-7-6-8-15-50)42(55)43(33)11-16-49(17-12-43)28(4)53/h9-10,19-20,23-26,30-31H,6-8,11-18,21-22H2,1-5H3,(H,45,54)(H,47,48)/t30-,31+. The summed E-state index contributed by atoms with van der Waals surface area (Å²) in [7, 11) is 1.57. The molecule has 0 atom stereocenters. The molecule has 5 heterocycles. The molecular weight excluding hydrogens is 712 g/mol. The van der Waals surface area contributed by atoms with Crippen LogP contribution in [-0.4, -0.2) is 101 Å². The van der Waals surface area contributed by atoms with Crippen molar-refractivity contribution >= 4 is 45.9 Å². The molecule has 13 heteroatoms. The number of aryl methyl sites for hydroxylation is 1. The van der Waals surface area contributed by atoms with Crippen LogP contribution in [0.25, 0.3) is 22.3 Å². The average molecular weight is 765 g/mol. The van der Waals surface area contributed by atoms with Crippen molar-refractivity contribution in [3.8, 4) is 11.3 Å². The number of methoxy groups -OCH3 is 1. The number of hydrogen-bond acceptors (Lipinski definition) is 8. The van der Waals surface area contributed by atoms with Gasteiger partial charge in [-0.3, -0.25) is 14.4 Å². The Bertz CT molecular complexity index is 2160. The highest BCUT2D eigenvalue weighted by Gasteiger charge is 2.55. The zero-order valence-electron chi connectivity index (χ0n) is 33.2. The lowest BCUT2D eigenvalue weighted by molar-refractivity contribution is -0.134. The van der Waals surface area contributed by atoms with Gasteiger partial charge in [0.05, 0.1) is 35.2 Å². The number of rotatable bonds is 10. The van der Waals surface area contributed by atoms with E-state index in [2.05, 4.69) is 32.6 Å². The summed E-state index contributed by atoms with van der Waals surface area (Å²) in [5.41, 5.74) is 5.08. The molecule has 1 spiro atoms. The van der Waals surface area contributed by atoms with Gasteiger partial charge in [0.1, 0.15) is 11.3 Å². The average Bonchev–Trinajstić information content (AvgIpc) is 3.70. The first kappa shape index (κ1) is 38.0. The van der Waals surface area contributed by atoms with Crippen molar-refractivity contribution in [2.45, 2.75) is 96.2 Å². The van der Waals surface area contributed by atoms with Crippen molar-refractivity contribution in [3.05, 3.63) is 65.2 Å². The molecule has 0 unspecified atom stereocenters. The topological polar surface area (TPSA) is 125 Å². The highest BCUT2D eigenvalue weighted by Crippen LogP contribution is 2.52. The normalized spacial score (nSPS) is 20.8. The van der Waals surface area contributed by atoms with Crippen LogP contribution in [0.2, 0.25) is 0 Å². The summed E-state index contributed by atoms with van der Waals surface area (Å²) in [5, 5.41) is 6.07. The molecule has 296 valence electrons. The Hall–Kier alpha value is -4.88. The fraction of sp³-hybridized carbons (Fsp3) is 0.512. The molecule has 2 aromatic heterocycles. The van der Waals surface area contributed by atoms with Gasteiger partial charge in [0.15, 0.2) is 5.82 Å². The number of likely N-dealkylation sites (tertiary alicyclic amines) is 2. The number of pyridine rings is 1. The maximum absolute atomic E-state index is 15.7. The lowest BCUT2D eigenvalue weighted by Gasteiger charge is -2.48. The van der Waals surface area contributed by atoms with Crippen molar-refractivity contribution in [2.24, 2.45) is 0 Å². The molecule has 2 aromatic carbocycles. The number of amides is 3. The molecule has 3 aliphatic heterocycles. The summed E-state index contributed by atoms with van der Waals surface area (Å²) in [5.74, 6) is -0.241. The van der Waals surface area contributed by atoms with Crippen molar-refractivity contribution < 1.29 is 23.5 Å². The van der Waals surface area contributed by atoms with Crippen molar-refractivity contribution in [1.29, 1.82) is 0 Å². The molecule has 2 N–H and O–H groups in total. The first-order chi connectivity index (χ1) is 27.0. The molecule has 0 radical (unpaired) electrons. The SMILES string of the molecule is COCCNC(=O)c1cc(Nc2nc(-c3ccc4c(c3)N([C@H]3C[C@@H](N5CCCCC5)C3)C(=O)C43CCN(C(C)=O)CC3)cc3ncn(C(C)C)c23)c(F)cc1C. The third-order valence-corrected chi connectivity index (χ3v) is 12.6. The van der Waals surface area contributed by atoms with Gasteiger partial charge in [0.2, 0.25) is 11.8 Å². The lowest BCUT2D eigenvalue weighted by atomic mass is 9.73. The number of imidazole rings is 1. The number of nitrogens with zero attached hydrogens (tertiary/aromatic N) is 6. The highest BCUT2D eigenvalue weighted by atomic mass is 19.1. The van der Waals surface area contributed by atoms with Crippen LogP contribution in [-0.2, 0) is 19.7 Å². The Kier molecular flexibility index (Phi) is 10.3. The number of ether oxygens (including phenoxy) is 1. The van der Waals surface area contributed by atoms with Gasteiger partial charge in [-0.25, -0.2) is 14.4 Å². The van der Waals surface area contributed by atoms with Gasteiger partial charge in [0, 0.05) is 68.6 Å². The minimum absolute atomic E-state index is 0.0407. The summed E-state index contributed by atoms with van der Waals surface area (Å²) in [6.07, 6.45) is 8.60. The number of nitrogens with one attached hydrogen (secondary N) is 2. The van der Waals surface area contributed by atoms with Gasteiger partial charge in [-0.05, 0) is 108 Å². The number of carbonyl (C=O) groups is 3. The van der Waals surface area contributed by atoms with Crippen LogP contribution in [0.4, 0.5) is 21.6 Å². The molecule has 1 saturated carbocycles. The van der Waals surface area contributed by atoms with Gasteiger partial charge >= 0.3 is 0 Å². The number of carbonyl (C=O) groups excluding carboxylic acids is 3. The Morgan fingerprint density at radius 3 is 2.46 bits per heavy atom. The van der Waals surface area contributed by atoms with Gasteiger partial charge in [0.25, 0.3) is 5.91 Å². The second-order valence-corrected chi connectivity index (χ2v) is 16.4. The predicted molar refractivity (Wildman–Crippen MR) is 215 cm³/mol. The van der Waals surface area contributed by atoms with E-state index >= 15 is 4.39 Å². The quantitative estimate of drug-likeness (QED) is 0.176. The molecule has 56 heavy (non-hydrogen) atoms. The molecule has 1 aliphatic carbocycles. The summed E-state index contributed by atoms with van der Waals surface area (Å²) in [6.45, 7) is 11.4. The fourth-order valence-electron chi connectivity index (χ4n) is 9.34. The van der Waals surface area contributed by atoms with Crippen LogP contribution >= 0.6 is 0 Å². The van der Waals surface area contributed by atoms with E-state index in [1.807, 2.05) is 35.4 Å². The molecule has 12 nitrogen and oxygen atoms in total. The molecule has 3 fully saturated rings. The van der Waals surface area contributed by atoms with Crippen LogP contribution < -0.4 is 15.5 Å². The number of anilines is 3. The largest absolute Gasteiger partial charge is 0.383 e. The van der Waals surface area contributed by atoms with Crippen molar-refractivity contribution in [3.63, 3.8) is 0 Å². The van der Waals surface area contributed by atoms with E-state index in [1.54, 1.807) is 27.3 Å². The number of fused-ring (bicyclic) bond motifs is 3. The van der Waals surface area contributed by atoms with E-state index in [9.17, 15) is 14.4 Å². The second-order valence-electron chi connectivity index (χ2n) is 16.4. The second kappa shape index (κ2) is 15.2. The number of hydrogen-bond donors (Lipinski definition) is 2. The van der Waals surface area contributed by atoms with E-state index in [0.717, 1.165) is 42.7 Å². The van der Waals surface area contributed by atoms with Crippen LogP contribution in [0.1, 0.15) is 93.2 Å². The summed E-state index contributed by atoms with van der Waals surface area (Å²) >= 11 is 0. The van der Waals surface area contributed by atoms with Crippen LogP contribution in [0.5, 0.6) is 0 Å². The molecule has 2 saturated heterocycles. The number of piperidine rings is 2. The summed E-state index contributed by atoms with van der Waals surface area (Å²) in [4.78, 5) is 56.6. The lowest BCUT2D eigenvalue weighted by Crippen LogP contribution is -2.58. The van der Waals surface area contributed by atoms with Gasteiger partial charge < -0.3 is 34.6 Å². The Balaban J connectivity index is 1.18. The summed E-state index contributed by atoms with van der Waals surface area (Å²) < 4.78 is 22.8. The molecule has 4 aliphatic rings. The molecule has 4 aromatic rings. The zero-order valence-corrected chi connectivity index (χ0v) is 33.2. The monoisotopic (exact) mass is 764 g/mol. The van der Waals surface area contributed by atoms with E-state index in [0.29, 0.717) is 78.8 Å². The van der Waals surface area contributed by atoms with Gasteiger partial charge in [-0.2, -0.15) is 0 Å². The first-order valence-electron chi connectivity index (χ1n) is 20.2. The first-order valence-corrected chi connectivity index (χ1v) is 20.2. The van der Waals surface area contributed by atoms with Crippen LogP contribution in [0.3, 0.4) is 0 Å². The van der Waals surface area contributed by atoms with E-state index in [1.165, 1.54) is 31.4 Å². The predicted octanol–water partition coefficient (Wildman–Crippen LogP) is 6.49. The number of benzene rings is 2. The Morgan fingerprint density at radius 2 is 1.77 bits per heavy atom. The Morgan fingerprint density at radius 1 is 1.02 bits per heavy atom. The number of aromatic nitrogens is 3. The van der Waals surface area contributed by atoms with E-state index in [-0.39, 0.29) is 35.5 Å². The van der Waals surface area contributed by atoms with Gasteiger partial charge in [-0.15, -0.1) is 0 Å². The molecule has 0 bridgehead atoms. The zero-order chi connectivity index (χ0) is 39.3. The van der Waals surface area contributed by atoms with Crippen molar-refractivity contribution in [2.75, 3.05) is 56.7 Å². The van der Waals surface area contributed by atoms with Gasteiger partial charge in [-0.1, -0.05) is 18.6 Å². The van der Waals surface area contributed by atoms with Crippen LogP contribution in [0, 0.1) is 12.7 Å².